The van der Waals surface area contributed by atoms with Crippen LogP contribution in [-0.4, -0.2) is 34.7 Å². The molecule has 2 aliphatic rings. The van der Waals surface area contributed by atoms with Crippen molar-refractivity contribution in [3.63, 3.8) is 0 Å². The second-order valence-corrected chi connectivity index (χ2v) is 9.72. The number of hydrogen-bond acceptors (Lipinski definition) is 6. The lowest BCUT2D eigenvalue weighted by molar-refractivity contribution is -0.857. The zero-order valence-electron chi connectivity index (χ0n) is 17.2. The van der Waals surface area contributed by atoms with E-state index < -0.39 is 16.8 Å². The number of hydrogen-bond donors (Lipinski definition) is 2. The first-order valence-corrected chi connectivity index (χ1v) is 11.0. The van der Waals surface area contributed by atoms with Gasteiger partial charge < -0.3 is 10.6 Å². The molecule has 1 aliphatic heterocycles. The van der Waals surface area contributed by atoms with Crippen LogP contribution in [0.15, 0.2) is 15.7 Å². The fourth-order valence-electron chi connectivity index (χ4n) is 4.54. The molecule has 0 amide bonds. The average Bonchev–Trinajstić information content (AvgIpc) is 3.25. The van der Waals surface area contributed by atoms with Crippen molar-refractivity contribution >= 4 is 38.6 Å². The molecule has 160 valence electrons. The molecule has 1 atom stereocenters. The average molecular weight is 435 g/mol. The molecular formula is C20H25FN5O3S+. The molecule has 1 saturated carbocycles. The van der Waals surface area contributed by atoms with E-state index in [9.17, 15) is 9.59 Å². The zero-order chi connectivity index (χ0) is 21.4. The molecule has 3 N–H and O–H groups in total. The largest absolute Gasteiger partial charge is 0.359 e. The van der Waals surface area contributed by atoms with E-state index in [2.05, 4.69) is 4.37 Å². The zero-order valence-corrected chi connectivity index (χ0v) is 18.0. The molecule has 5 rings (SSSR count). The topological polar surface area (TPSA) is 97.2 Å². The normalized spacial score (nSPS) is 19.9. The maximum Gasteiger partial charge on any atom is 0.299 e. The minimum absolute atomic E-state index is 0.0836. The lowest BCUT2D eigenvalue weighted by atomic mass is 9.88. The second kappa shape index (κ2) is 6.52. The van der Waals surface area contributed by atoms with Gasteiger partial charge in [-0.2, -0.15) is 4.39 Å². The minimum atomic E-state index is -0.551. The van der Waals surface area contributed by atoms with Crippen LogP contribution >= 0.6 is 11.5 Å². The molecule has 30 heavy (non-hydrogen) atoms. The molecule has 4 heterocycles. The maximum atomic E-state index is 15.4. The molecule has 3 aromatic heterocycles. The Morgan fingerprint density at radius 3 is 2.67 bits per heavy atom. The van der Waals surface area contributed by atoms with Gasteiger partial charge in [-0.05, 0) is 55.4 Å². The summed E-state index contributed by atoms with van der Waals surface area (Å²) in [4.78, 5) is 33.6. The Morgan fingerprint density at radius 1 is 1.33 bits per heavy atom. The van der Waals surface area contributed by atoms with Gasteiger partial charge >= 0.3 is 0 Å². The van der Waals surface area contributed by atoms with Gasteiger partial charge in [-0.1, -0.05) is 0 Å². The van der Waals surface area contributed by atoms with Crippen LogP contribution in [0.5, 0.6) is 0 Å². The van der Waals surface area contributed by atoms with Gasteiger partial charge in [0.1, 0.15) is 17.9 Å². The van der Waals surface area contributed by atoms with Crippen LogP contribution in [0.25, 0.3) is 21.3 Å². The van der Waals surface area contributed by atoms with Crippen molar-refractivity contribution in [3.8, 4) is 0 Å². The Labute approximate surface area is 175 Å². The van der Waals surface area contributed by atoms with E-state index in [1.165, 1.54) is 17.9 Å². The van der Waals surface area contributed by atoms with Gasteiger partial charge in [0.25, 0.3) is 17.0 Å². The molecule has 0 unspecified atom stereocenters. The summed E-state index contributed by atoms with van der Waals surface area (Å²) in [5.74, 6) is -0.0565. The van der Waals surface area contributed by atoms with Crippen LogP contribution in [0.1, 0.15) is 39.2 Å². The molecule has 8 nitrogen and oxygen atoms in total. The van der Waals surface area contributed by atoms with Crippen molar-refractivity contribution in [1.29, 1.82) is 0 Å². The van der Waals surface area contributed by atoms with Crippen molar-refractivity contribution in [2.45, 2.75) is 44.7 Å². The number of nitrogens with one attached hydrogen (secondary N) is 1. The molecule has 0 aromatic carbocycles. The number of H-pyrrole nitrogens is 1. The third-order valence-corrected chi connectivity index (χ3v) is 7.23. The van der Waals surface area contributed by atoms with E-state index in [4.69, 9.17) is 10.6 Å². The molecular weight excluding hydrogens is 409 g/mol. The smallest absolute Gasteiger partial charge is 0.299 e. The first kappa shape index (κ1) is 19.5. The molecule has 0 radical (unpaired) electrons. The number of aromatic amines is 1. The lowest BCUT2D eigenvalue weighted by Gasteiger charge is -2.26. The number of fused-ring (bicyclic) bond motifs is 2. The highest BCUT2D eigenvalue weighted by molar-refractivity contribution is 7.12. The van der Waals surface area contributed by atoms with Crippen LogP contribution in [0.2, 0.25) is 0 Å². The highest BCUT2D eigenvalue weighted by Gasteiger charge is 2.41. The third kappa shape index (κ3) is 2.77. The van der Waals surface area contributed by atoms with Crippen LogP contribution in [0.3, 0.4) is 0 Å². The lowest BCUT2D eigenvalue weighted by Crippen LogP contribution is -2.50. The van der Waals surface area contributed by atoms with Gasteiger partial charge in [-0.25, -0.2) is 4.57 Å². The summed E-state index contributed by atoms with van der Waals surface area (Å²) in [6.45, 7) is 5.21. The fourth-order valence-corrected chi connectivity index (χ4v) is 5.45. The Morgan fingerprint density at radius 2 is 2.07 bits per heavy atom. The van der Waals surface area contributed by atoms with E-state index in [0.717, 1.165) is 30.8 Å². The van der Waals surface area contributed by atoms with Gasteiger partial charge in [-0.3, -0.25) is 18.9 Å². The Hall–Kier alpha value is -2.46. The van der Waals surface area contributed by atoms with Crippen molar-refractivity contribution in [3.05, 3.63) is 32.5 Å². The fraction of sp³-hybridized carbons (Fsp3) is 0.550. The predicted molar refractivity (Wildman–Crippen MR) is 114 cm³/mol. The van der Waals surface area contributed by atoms with Crippen LogP contribution < -0.4 is 31.2 Å². The number of nitrogens with two attached hydrogens (primary N) is 1. The molecule has 1 aliphatic carbocycles. The van der Waals surface area contributed by atoms with Gasteiger partial charge in [-0.15, -0.1) is 0 Å². The number of anilines is 1. The van der Waals surface area contributed by atoms with E-state index in [1.54, 1.807) is 0 Å². The van der Waals surface area contributed by atoms with Crippen LogP contribution in [-0.2, 0) is 0 Å². The van der Waals surface area contributed by atoms with Gasteiger partial charge in [0, 0.05) is 11.5 Å². The Bertz CT molecular complexity index is 1280. The number of rotatable bonds is 4. The summed E-state index contributed by atoms with van der Waals surface area (Å²) in [5, 5.41) is 0.233. The van der Waals surface area contributed by atoms with Crippen molar-refractivity contribution in [1.82, 2.24) is 8.94 Å². The summed E-state index contributed by atoms with van der Waals surface area (Å²) in [6, 6.07) is 1.40. The van der Waals surface area contributed by atoms with Crippen molar-refractivity contribution < 1.29 is 14.0 Å². The summed E-state index contributed by atoms with van der Waals surface area (Å²) in [6.07, 6.45) is 2.71. The molecule has 0 spiro atoms. The molecule has 0 bridgehead atoms. The van der Waals surface area contributed by atoms with Crippen LogP contribution in [0, 0.1) is 11.7 Å². The number of aromatic nitrogens is 3. The summed E-state index contributed by atoms with van der Waals surface area (Å²) in [5.41, 5.74) is 5.50. The minimum Gasteiger partial charge on any atom is -0.359 e. The first-order chi connectivity index (χ1) is 14.2. The molecule has 1 saturated heterocycles. The SMILES string of the molecule is CO[n+]1c(N2CC[C@@H](C(C)(C)N)C2)c(F)cc2c(=O)c3c(=O)[nH]sc3n(C3CC3)c21. The summed E-state index contributed by atoms with van der Waals surface area (Å²) < 4.78 is 21.4. The standard InChI is InChI=1S/C20H24FN5O3S/c1-20(2,22)10-6-7-24(9-10)18-13(21)8-12-15(27)14-16(28)23-30-19(14)25(11-4-5-11)17(12)26(18)29-3/h8,10-11H,4-7,9,22H2,1-3H3/p+1/t10-/m1/s1. The van der Waals surface area contributed by atoms with Gasteiger partial charge in [0.15, 0.2) is 10.6 Å². The quantitative estimate of drug-likeness (QED) is 0.603. The Balaban J connectivity index is 1.82. The monoisotopic (exact) mass is 434 g/mol. The highest BCUT2D eigenvalue weighted by atomic mass is 32.1. The molecule has 2 fully saturated rings. The van der Waals surface area contributed by atoms with Crippen molar-refractivity contribution in [2.24, 2.45) is 11.7 Å². The van der Waals surface area contributed by atoms with E-state index in [-0.39, 0.29) is 34.1 Å². The van der Waals surface area contributed by atoms with E-state index in [0.29, 0.717) is 23.6 Å². The number of pyridine rings is 2. The highest BCUT2D eigenvalue weighted by Crippen LogP contribution is 2.39. The molecule has 10 heteroatoms. The van der Waals surface area contributed by atoms with Crippen molar-refractivity contribution in [2.75, 3.05) is 25.1 Å². The van der Waals surface area contributed by atoms with Gasteiger partial charge in [0.2, 0.25) is 5.43 Å². The summed E-state index contributed by atoms with van der Waals surface area (Å²) in [7, 11) is 1.47. The summed E-state index contributed by atoms with van der Waals surface area (Å²) >= 11 is 1.14. The first-order valence-electron chi connectivity index (χ1n) is 10.1. The van der Waals surface area contributed by atoms with E-state index in [1.807, 2.05) is 23.3 Å². The second-order valence-electron chi connectivity index (χ2n) is 8.93. The van der Waals surface area contributed by atoms with E-state index >= 15 is 4.39 Å². The third-order valence-electron chi connectivity index (χ3n) is 6.34. The number of halogens is 1. The van der Waals surface area contributed by atoms with Gasteiger partial charge in [0.05, 0.1) is 19.1 Å². The number of nitrogens with zero attached hydrogens (tertiary/aromatic N) is 3. The van der Waals surface area contributed by atoms with Crippen LogP contribution in [0.4, 0.5) is 10.2 Å². The molecule has 3 aromatic rings. The predicted octanol–water partition coefficient (Wildman–Crippen LogP) is 1.29. The maximum absolute atomic E-state index is 15.4. The Kier molecular flexibility index (Phi) is 4.24.